The van der Waals surface area contributed by atoms with Gasteiger partial charge in [-0.1, -0.05) is 6.92 Å². The Morgan fingerprint density at radius 3 is 2.59 bits per heavy atom. The van der Waals surface area contributed by atoms with Crippen LogP contribution in [0.4, 0.5) is 5.69 Å². The van der Waals surface area contributed by atoms with Gasteiger partial charge in [0.25, 0.3) is 5.69 Å². The van der Waals surface area contributed by atoms with Crippen LogP contribution in [-0.4, -0.2) is 28.5 Å². The minimum absolute atomic E-state index is 0.0283. The highest BCUT2D eigenvalue weighted by Gasteiger charge is 2.27. The number of esters is 2. The second-order valence-corrected chi connectivity index (χ2v) is 5.99. The van der Waals surface area contributed by atoms with Gasteiger partial charge in [0.1, 0.15) is 11.1 Å². The van der Waals surface area contributed by atoms with Crippen LogP contribution in [0.25, 0.3) is 22.1 Å². The van der Waals surface area contributed by atoms with Gasteiger partial charge >= 0.3 is 11.9 Å². The molecule has 0 fully saturated rings. The van der Waals surface area contributed by atoms with E-state index in [-0.39, 0.29) is 57.8 Å². The number of ether oxygens (including phenoxy) is 2. The number of nitro groups is 1. The molecule has 0 bridgehead atoms. The van der Waals surface area contributed by atoms with Crippen molar-refractivity contribution in [3.05, 3.63) is 49.7 Å². The number of rotatable bonds is 5. The third-order valence-corrected chi connectivity index (χ3v) is 4.16. The Balaban J connectivity index is 2.47. The number of pyridine rings is 1. The van der Waals surface area contributed by atoms with Crippen LogP contribution in [0, 0.1) is 10.1 Å². The molecule has 0 saturated heterocycles. The monoisotopic (exact) mass is 400 g/mol. The van der Waals surface area contributed by atoms with E-state index in [1.54, 1.807) is 13.8 Å². The summed E-state index contributed by atoms with van der Waals surface area (Å²) in [5.41, 5.74) is -0.898. The molecule has 2 aromatic heterocycles. The molecule has 0 N–H and O–H groups in total. The highest BCUT2D eigenvalue weighted by Crippen LogP contribution is 2.31. The van der Waals surface area contributed by atoms with Gasteiger partial charge in [0, 0.05) is 19.1 Å². The van der Waals surface area contributed by atoms with Gasteiger partial charge in [-0.3, -0.25) is 19.7 Å². The van der Waals surface area contributed by atoms with Gasteiger partial charge in [-0.2, -0.15) is 4.98 Å². The zero-order valence-electron chi connectivity index (χ0n) is 15.8. The van der Waals surface area contributed by atoms with Crippen LogP contribution in [0.5, 0.6) is 5.88 Å². The second-order valence-electron chi connectivity index (χ2n) is 5.99. The molecule has 0 amide bonds. The Hall–Kier alpha value is -3.82. The number of fused-ring (bicyclic) bond motifs is 2. The third kappa shape index (κ3) is 3.51. The first-order valence-electron chi connectivity index (χ1n) is 8.71. The largest absolute Gasteiger partial charge is 0.462 e. The van der Waals surface area contributed by atoms with Crippen LogP contribution < -0.4 is 10.2 Å². The number of benzene rings is 1. The van der Waals surface area contributed by atoms with Gasteiger partial charge in [0.05, 0.1) is 22.3 Å². The summed E-state index contributed by atoms with van der Waals surface area (Å²) in [6.07, 6.45) is 0.187. The fraction of sp³-hybridized carbons (Fsp3) is 0.263. The first-order valence-corrected chi connectivity index (χ1v) is 8.71. The summed E-state index contributed by atoms with van der Waals surface area (Å²) < 4.78 is 15.7. The Kier molecular flexibility index (Phi) is 5.26. The smallest absolute Gasteiger partial charge is 0.343 e. The fourth-order valence-electron chi connectivity index (χ4n) is 3.01. The molecule has 0 aliphatic heterocycles. The standard InChI is InChI=1S/C19H16N2O8/c1-4-11-14-16(23)12-8-10(21(25)26)6-7-13(12)29-17(14)20-18(28-9(3)22)15(11)19(24)27-5-2/h6-8H,4-5H2,1-3H3. The first kappa shape index (κ1) is 19.9. The van der Waals surface area contributed by atoms with Crippen LogP contribution >= 0.6 is 0 Å². The molecule has 0 atom stereocenters. The van der Waals surface area contributed by atoms with Crippen molar-refractivity contribution < 1.29 is 28.4 Å². The molecule has 0 unspecified atom stereocenters. The molecule has 10 nitrogen and oxygen atoms in total. The van der Waals surface area contributed by atoms with Crippen molar-refractivity contribution in [3.63, 3.8) is 0 Å². The van der Waals surface area contributed by atoms with Crippen molar-refractivity contribution in [2.45, 2.75) is 27.2 Å². The molecule has 0 spiro atoms. The molecule has 0 aliphatic carbocycles. The average Bonchev–Trinajstić information content (AvgIpc) is 2.66. The van der Waals surface area contributed by atoms with Crippen LogP contribution in [0.15, 0.2) is 27.4 Å². The number of carbonyl (C=O) groups is 2. The maximum absolute atomic E-state index is 13.1. The van der Waals surface area contributed by atoms with E-state index in [1.165, 1.54) is 12.1 Å². The van der Waals surface area contributed by atoms with E-state index >= 15 is 0 Å². The number of non-ortho nitro benzene ring substituents is 1. The Morgan fingerprint density at radius 2 is 2.00 bits per heavy atom. The maximum atomic E-state index is 13.1. The molecule has 0 saturated carbocycles. The van der Waals surface area contributed by atoms with Crippen LogP contribution in [-0.2, 0) is 16.0 Å². The number of aryl methyl sites for hydroxylation is 1. The third-order valence-electron chi connectivity index (χ3n) is 4.16. The SMILES string of the molecule is CCOC(=O)c1c(OC(C)=O)nc2oc3ccc([N+](=O)[O-])cc3c(=O)c2c1CC. The topological polar surface area (TPSA) is 139 Å². The summed E-state index contributed by atoms with van der Waals surface area (Å²) in [4.78, 5) is 51.6. The summed E-state index contributed by atoms with van der Waals surface area (Å²) in [7, 11) is 0. The van der Waals surface area contributed by atoms with Crippen LogP contribution in [0.2, 0.25) is 0 Å². The van der Waals surface area contributed by atoms with E-state index in [4.69, 9.17) is 13.9 Å². The van der Waals surface area contributed by atoms with Gasteiger partial charge in [-0.15, -0.1) is 0 Å². The van der Waals surface area contributed by atoms with Crippen molar-refractivity contribution in [2.75, 3.05) is 6.61 Å². The van der Waals surface area contributed by atoms with Gasteiger partial charge in [0.15, 0.2) is 0 Å². The molecule has 150 valence electrons. The number of hydrogen-bond donors (Lipinski definition) is 0. The van der Waals surface area contributed by atoms with E-state index < -0.39 is 22.3 Å². The molecular weight excluding hydrogens is 384 g/mol. The van der Waals surface area contributed by atoms with E-state index in [1.807, 2.05) is 0 Å². The summed E-state index contributed by atoms with van der Waals surface area (Å²) >= 11 is 0. The van der Waals surface area contributed by atoms with E-state index in [0.717, 1.165) is 13.0 Å². The number of nitro benzene ring substituents is 1. The number of nitrogens with zero attached hydrogens (tertiary/aromatic N) is 2. The minimum atomic E-state index is -0.812. The Morgan fingerprint density at radius 1 is 1.28 bits per heavy atom. The van der Waals surface area contributed by atoms with Crippen molar-refractivity contribution in [1.29, 1.82) is 0 Å². The summed E-state index contributed by atoms with van der Waals surface area (Å²) in [5.74, 6) is -1.86. The lowest BCUT2D eigenvalue weighted by molar-refractivity contribution is -0.384. The summed E-state index contributed by atoms with van der Waals surface area (Å²) in [6.45, 7) is 4.48. The van der Waals surface area contributed by atoms with E-state index in [2.05, 4.69) is 4.98 Å². The Bertz CT molecular complexity index is 1230. The van der Waals surface area contributed by atoms with Crippen molar-refractivity contribution in [1.82, 2.24) is 4.98 Å². The van der Waals surface area contributed by atoms with E-state index in [9.17, 15) is 24.5 Å². The molecule has 2 heterocycles. The Labute approximate surface area is 163 Å². The van der Waals surface area contributed by atoms with Crippen molar-refractivity contribution in [2.24, 2.45) is 0 Å². The fourth-order valence-corrected chi connectivity index (χ4v) is 3.01. The second kappa shape index (κ2) is 7.66. The van der Waals surface area contributed by atoms with Gasteiger partial charge in [0.2, 0.25) is 17.0 Å². The van der Waals surface area contributed by atoms with E-state index in [0.29, 0.717) is 0 Å². The van der Waals surface area contributed by atoms with Crippen molar-refractivity contribution >= 4 is 39.7 Å². The normalized spacial score (nSPS) is 10.9. The molecule has 0 radical (unpaired) electrons. The van der Waals surface area contributed by atoms with Crippen molar-refractivity contribution in [3.8, 4) is 5.88 Å². The first-order chi connectivity index (χ1) is 13.8. The molecule has 1 aromatic carbocycles. The zero-order valence-corrected chi connectivity index (χ0v) is 15.8. The molecule has 29 heavy (non-hydrogen) atoms. The lowest BCUT2D eigenvalue weighted by Gasteiger charge is -2.14. The average molecular weight is 400 g/mol. The van der Waals surface area contributed by atoms with Crippen LogP contribution in [0.3, 0.4) is 0 Å². The summed E-state index contributed by atoms with van der Waals surface area (Å²) in [5, 5.41) is 11.0. The van der Waals surface area contributed by atoms with Gasteiger partial charge < -0.3 is 13.9 Å². The maximum Gasteiger partial charge on any atom is 0.343 e. The predicted octanol–water partition coefficient (Wildman–Crippen LogP) is 2.91. The highest BCUT2D eigenvalue weighted by molar-refractivity contribution is 6.01. The predicted molar refractivity (Wildman–Crippen MR) is 101 cm³/mol. The van der Waals surface area contributed by atoms with Gasteiger partial charge in [-0.25, -0.2) is 4.79 Å². The lowest BCUT2D eigenvalue weighted by atomic mass is 10.0. The lowest BCUT2D eigenvalue weighted by Crippen LogP contribution is -2.17. The molecule has 0 aliphatic rings. The summed E-state index contributed by atoms with van der Waals surface area (Å²) in [6, 6.07) is 3.58. The van der Waals surface area contributed by atoms with Crippen LogP contribution in [0.1, 0.15) is 36.7 Å². The number of hydrogen-bond acceptors (Lipinski definition) is 9. The molecule has 10 heteroatoms. The minimum Gasteiger partial charge on any atom is -0.462 e. The zero-order chi connectivity index (χ0) is 21.3. The quantitative estimate of drug-likeness (QED) is 0.274. The molecular formula is C19H16N2O8. The molecule has 3 rings (SSSR count). The highest BCUT2D eigenvalue weighted by atomic mass is 16.6. The number of carbonyl (C=O) groups excluding carboxylic acids is 2. The number of aromatic nitrogens is 1. The molecule has 3 aromatic rings. The van der Waals surface area contributed by atoms with Gasteiger partial charge in [-0.05, 0) is 25.0 Å².